The normalized spacial score (nSPS) is 19.6. The molecule has 0 bridgehead atoms. The van der Waals surface area contributed by atoms with Crippen LogP contribution in [-0.4, -0.2) is 40.4 Å². The Kier molecular flexibility index (Phi) is 5.62. The van der Waals surface area contributed by atoms with Crippen molar-refractivity contribution in [3.63, 3.8) is 0 Å². The largest absolute Gasteiger partial charge is 0.352 e. The third-order valence-corrected chi connectivity index (χ3v) is 5.53. The summed E-state index contributed by atoms with van der Waals surface area (Å²) in [7, 11) is 0. The van der Waals surface area contributed by atoms with E-state index < -0.39 is 0 Å². The second-order valence-corrected chi connectivity index (χ2v) is 8.55. The Balaban J connectivity index is 1.81. The Morgan fingerprint density at radius 3 is 2.18 bits per heavy atom. The lowest BCUT2D eigenvalue weighted by molar-refractivity contribution is 0.405. The molecule has 1 N–H and O–H groups in total. The molecule has 7 heteroatoms. The summed E-state index contributed by atoms with van der Waals surface area (Å²) >= 11 is 9.52. The van der Waals surface area contributed by atoms with Crippen molar-refractivity contribution < 1.29 is 0 Å². The second kappa shape index (κ2) is 8.15. The first-order valence-corrected chi connectivity index (χ1v) is 10.4. The van der Waals surface area contributed by atoms with Crippen LogP contribution < -0.4 is 10.2 Å². The average Bonchev–Trinajstić information content (AvgIpc) is 2.68. The van der Waals surface area contributed by atoms with Gasteiger partial charge < -0.3 is 10.2 Å². The Bertz CT molecular complexity index is 952. The maximum Gasteiger partial charge on any atom is 0.183 e. The number of nitrogens with zero attached hydrogens (tertiary/aromatic N) is 4. The first kappa shape index (κ1) is 19.3. The van der Waals surface area contributed by atoms with Gasteiger partial charge in [-0.05, 0) is 50.2 Å². The van der Waals surface area contributed by atoms with Crippen LogP contribution >= 0.6 is 27.5 Å². The van der Waals surface area contributed by atoms with Gasteiger partial charge in [-0.3, -0.25) is 0 Å². The number of rotatable bonds is 3. The van der Waals surface area contributed by atoms with Gasteiger partial charge in [0.15, 0.2) is 11.6 Å². The minimum atomic E-state index is 0.371. The highest BCUT2D eigenvalue weighted by Gasteiger charge is 2.26. The second-order valence-electron chi connectivity index (χ2n) is 7.20. The van der Waals surface area contributed by atoms with E-state index >= 15 is 0 Å². The van der Waals surface area contributed by atoms with E-state index in [1.54, 1.807) is 0 Å². The molecule has 1 aliphatic rings. The van der Waals surface area contributed by atoms with Crippen molar-refractivity contribution in [2.75, 3.05) is 18.0 Å². The molecule has 0 amide bonds. The first-order valence-electron chi connectivity index (χ1n) is 9.27. The van der Waals surface area contributed by atoms with Crippen molar-refractivity contribution in [1.82, 2.24) is 20.5 Å². The van der Waals surface area contributed by atoms with Crippen LogP contribution in [0.1, 0.15) is 13.8 Å². The third-order valence-electron chi connectivity index (χ3n) is 4.75. The van der Waals surface area contributed by atoms with Crippen LogP contribution in [0.25, 0.3) is 22.6 Å². The molecular formula is C21H21BrClN5. The zero-order valence-corrected chi connectivity index (χ0v) is 18.1. The lowest BCUT2D eigenvalue weighted by Crippen LogP contribution is -2.54. The minimum absolute atomic E-state index is 0.371. The van der Waals surface area contributed by atoms with Crippen molar-refractivity contribution in [3.05, 3.63) is 58.0 Å². The number of piperazine rings is 1. The van der Waals surface area contributed by atoms with Crippen LogP contribution in [0.2, 0.25) is 5.02 Å². The SMILES string of the molecule is CC1CN(c2nc(-c3ccc(Cl)cc3)nnc2-c2ccc(Br)cc2)CC(C)N1. The topological polar surface area (TPSA) is 53.9 Å². The molecule has 2 aromatic carbocycles. The molecule has 1 aliphatic heterocycles. The van der Waals surface area contributed by atoms with Gasteiger partial charge in [-0.2, -0.15) is 0 Å². The molecule has 0 spiro atoms. The van der Waals surface area contributed by atoms with Gasteiger partial charge in [-0.1, -0.05) is 39.7 Å². The molecule has 0 aliphatic carbocycles. The van der Waals surface area contributed by atoms with Gasteiger partial charge in [0, 0.05) is 45.8 Å². The van der Waals surface area contributed by atoms with E-state index in [0.29, 0.717) is 22.9 Å². The van der Waals surface area contributed by atoms with E-state index in [1.807, 2.05) is 48.5 Å². The minimum Gasteiger partial charge on any atom is -0.352 e. The van der Waals surface area contributed by atoms with Crippen LogP contribution in [0.4, 0.5) is 5.82 Å². The first-order chi connectivity index (χ1) is 13.5. The summed E-state index contributed by atoms with van der Waals surface area (Å²) in [6.07, 6.45) is 0. The van der Waals surface area contributed by atoms with E-state index in [0.717, 1.165) is 40.2 Å². The monoisotopic (exact) mass is 457 g/mol. The van der Waals surface area contributed by atoms with Crippen molar-refractivity contribution in [1.29, 1.82) is 0 Å². The fourth-order valence-corrected chi connectivity index (χ4v) is 3.94. The zero-order valence-electron chi connectivity index (χ0n) is 15.7. The molecule has 1 fully saturated rings. The number of anilines is 1. The van der Waals surface area contributed by atoms with E-state index in [-0.39, 0.29) is 0 Å². The molecule has 2 heterocycles. The molecule has 0 radical (unpaired) electrons. The van der Waals surface area contributed by atoms with Gasteiger partial charge in [0.25, 0.3) is 0 Å². The van der Waals surface area contributed by atoms with Gasteiger partial charge in [-0.15, -0.1) is 10.2 Å². The van der Waals surface area contributed by atoms with Gasteiger partial charge in [0.1, 0.15) is 5.69 Å². The summed E-state index contributed by atoms with van der Waals surface area (Å²) in [6.45, 7) is 6.12. The van der Waals surface area contributed by atoms with Crippen LogP contribution in [-0.2, 0) is 0 Å². The standard InChI is InChI=1S/C21H21BrClN5/c1-13-11-28(12-14(2)24-13)21-19(15-3-7-17(22)8-4-15)26-27-20(25-21)16-5-9-18(23)10-6-16/h3-10,13-14,24H,11-12H2,1-2H3. The smallest absolute Gasteiger partial charge is 0.183 e. The summed E-state index contributed by atoms with van der Waals surface area (Å²) in [5.74, 6) is 1.47. The Hall–Kier alpha value is -2.02. The number of benzene rings is 2. The highest BCUT2D eigenvalue weighted by atomic mass is 79.9. The fourth-order valence-electron chi connectivity index (χ4n) is 3.55. The highest BCUT2D eigenvalue weighted by Crippen LogP contribution is 2.31. The van der Waals surface area contributed by atoms with E-state index in [2.05, 4.69) is 50.2 Å². The quantitative estimate of drug-likeness (QED) is 0.610. The van der Waals surface area contributed by atoms with Crippen LogP contribution in [0.15, 0.2) is 53.0 Å². The number of nitrogens with one attached hydrogen (secondary N) is 1. The molecule has 144 valence electrons. The summed E-state index contributed by atoms with van der Waals surface area (Å²) in [4.78, 5) is 7.24. The molecule has 3 aromatic rings. The van der Waals surface area contributed by atoms with Gasteiger partial charge in [-0.25, -0.2) is 4.98 Å². The summed E-state index contributed by atoms with van der Waals surface area (Å²) in [5.41, 5.74) is 2.70. The Morgan fingerprint density at radius 2 is 1.54 bits per heavy atom. The molecule has 5 nitrogen and oxygen atoms in total. The molecule has 1 saturated heterocycles. The molecular weight excluding hydrogens is 438 g/mol. The number of hydrogen-bond donors (Lipinski definition) is 1. The van der Waals surface area contributed by atoms with Crippen molar-refractivity contribution >= 4 is 33.3 Å². The van der Waals surface area contributed by atoms with Gasteiger partial charge in [0.05, 0.1) is 0 Å². The van der Waals surface area contributed by atoms with E-state index in [4.69, 9.17) is 16.6 Å². The van der Waals surface area contributed by atoms with Crippen molar-refractivity contribution in [2.45, 2.75) is 25.9 Å². The highest BCUT2D eigenvalue weighted by molar-refractivity contribution is 9.10. The molecule has 28 heavy (non-hydrogen) atoms. The van der Waals surface area contributed by atoms with Crippen molar-refractivity contribution in [3.8, 4) is 22.6 Å². The predicted molar refractivity (Wildman–Crippen MR) is 118 cm³/mol. The van der Waals surface area contributed by atoms with Crippen LogP contribution in [0.3, 0.4) is 0 Å². The zero-order chi connectivity index (χ0) is 19.7. The maximum absolute atomic E-state index is 6.03. The lowest BCUT2D eigenvalue weighted by atomic mass is 10.1. The molecule has 2 unspecified atom stereocenters. The summed E-state index contributed by atoms with van der Waals surface area (Å²) in [6, 6.07) is 16.4. The van der Waals surface area contributed by atoms with Crippen molar-refractivity contribution in [2.24, 2.45) is 0 Å². The molecule has 4 rings (SSSR count). The predicted octanol–water partition coefficient (Wildman–Crippen LogP) is 4.81. The Labute approximate surface area is 178 Å². The number of halogens is 2. The van der Waals surface area contributed by atoms with Crippen LogP contribution in [0.5, 0.6) is 0 Å². The molecule has 0 saturated carbocycles. The third kappa shape index (κ3) is 4.19. The average molecular weight is 459 g/mol. The molecule has 1 aromatic heterocycles. The number of aromatic nitrogens is 3. The van der Waals surface area contributed by atoms with E-state index in [1.165, 1.54) is 0 Å². The maximum atomic E-state index is 6.03. The number of hydrogen-bond acceptors (Lipinski definition) is 5. The summed E-state index contributed by atoms with van der Waals surface area (Å²) in [5, 5.41) is 13.3. The van der Waals surface area contributed by atoms with Gasteiger partial charge >= 0.3 is 0 Å². The summed E-state index contributed by atoms with van der Waals surface area (Å²) < 4.78 is 1.03. The van der Waals surface area contributed by atoms with Crippen LogP contribution in [0, 0.1) is 0 Å². The van der Waals surface area contributed by atoms with Gasteiger partial charge in [0.2, 0.25) is 0 Å². The van der Waals surface area contributed by atoms with E-state index in [9.17, 15) is 0 Å². The lowest BCUT2D eigenvalue weighted by Gasteiger charge is -2.37. The molecule has 2 atom stereocenters. The Morgan fingerprint density at radius 1 is 0.929 bits per heavy atom. The fraction of sp³-hybridized carbons (Fsp3) is 0.286.